The zero-order valence-electron chi connectivity index (χ0n) is 8.70. The molecule has 76 valence electrons. The Hall–Kier alpha value is -0.183. The Morgan fingerprint density at radius 2 is 2.00 bits per heavy atom. The summed E-state index contributed by atoms with van der Waals surface area (Å²) in [5.41, 5.74) is 2.94. The Balaban J connectivity index is 0.000000980. The molecule has 0 saturated carbocycles. The van der Waals surface area contributed by atoms with E-state index in [4.69, 9.17) is 0 Å². The molecule has 0 spiro atoms. The van der Waals surface area contributed by atoms with Crippen LogP contribution in [0.15, 0.2) is 45.6 Å². The lowest BCUT2D eigenvalue weighted by molar-refractivity contribution is 1.65. The summed E-state index contributed by atoms with van der Waals surface area (Å²) >= 11 is 1.89. The number of allylic oxidation sites excluding steroid dienone is 7. The highest BCUT2D eigenvalue weighted by Crippen LogP contribution is 2.40. The standard InChI is InChI=1S/C11H14SSi.ClH/c1-12-10-7-8-5-4-6-9(8)11(10)13(2)3;/h4-7,13H,1-3H3;1H. The van der Waals surface area contributed by atoms with E-state index in [0.29, 0.717) is 0 Å². The highest BCUT2D eigenvalue weighted by atomic mass is 35.5. The second kappa shape index (κ2) is 4.56. The molecule has 0 aromatic carbocycles. The third-order valence-electron chi connectivity index (χ3n) is 2.49. The molecule has 0 unspecified atom stereocenters. The summed E-state index contributed by atoms with van der Waals surface area (Å²) in [6.07, 6.45) is 11.2. The SMILES string of the molecule is CSC1=CC2=CC=CC2=C1[SiH](C)C.Cl. The molecule has 0 bridgehead atoms. The molecule has 0 atom stereocenters. The van der Waals surface area contributed by atoms with Crippen LogP contribution in [-0.2, 0) is 0 Å². The van der Waals surface area contributed by atoms with Gasteiger partial charge in [-0.05, 0) is 28.7 Å². The van der Waals surface area contributed by atoms with Crippen LogP contribution in [-0.4, -0.2) is 15.1 Å². The van der Waals surface area contributed by atoms with Crippen molar-refractivity contribution in [2.75, 3.05) is 6.26 Å². The highest BCUT2D eigenvalue weighted by molar-refractivity contribution is 8.02. The lowest BCUT2D eigenvalue weighted by atomic mass is 10.2. The average Bonchev–Trinajstić information content (AvgIpc) is 2.59. The predicted octanol–water partition coefficient (Wildman–Crippen LogP) is 3.49. The molecule has 0 aromatic heterocycles. The molecular formula is C11H15ClSSi. The molecule has 0 heterocycles. The molecule has 2 aliphatic rings. The van der Waals surface area contributed by atoms with Gasteiger partial charge in [-0.25, -0.2) is 0 Å². The van der Waals surface area contributed by atoms with E-state index in [2.05, 4.69) is 43.7 Å². The normalized spacial score (nSPS) is 18.3. The van der Waals surface area contributed by atoms with Crippen molar-refractivity contribution in [1.29, 1.82) is 0 Å². The number of hydrogen-bond donors (Lipinski definition) is 0. The molecule has 14 heavy (non-hydrogen) atoms. The molecule has 2 rings (SSSR count). The van der Waals surface area contributed by atoms with Crippen LogP contribution < -0.4 is 0 Å². The van der Waals surface area contributed by atoms with E-state index in [0.717, 1.165) is 0 Å². The molecule has 0 aliphatic heterocycles. The van der Waals surface area contributed by atoms with Gasteiger partial charge in [-0.1, -0.05) is 31.3 Å². The quantitative estimate of drug-likeness (QED) is 0.668. The fourth-order valence-electron chi connectivity index (χ4n) is 1.92. The van der Waals surface area contributed by atoms with Crippen LogP contribution in [0.5, 0.6) is 0 Å². The topological polar surface area (TPSA) is 0 Å². The molecule has 2 aliphatic carbocycles. The Morgan fingerprint density at radius 3 is 2.57 bits per heavy atom. The average molecular weight is 243 g/mol. The van der Waals surface area contributed by atoms with Gasteiger partial charge in [-0.15, -0.1) is 24.2 Å². The minimum Gasteiger partial charge on any atom is -0.147 e. The van der Waals surface area contributed by atoms with Gasteiger partial charge in [-0.3, -0.25) is 0 Å². The van der Waals surface area contributed by atoms with Crippen molar-refractivity contribution < 1.29 is 0 Å². The van der Waals surface area contributed by atoms with Crippen LogP contribution in [0.25, 0.3) is 0 Å². The van der Waals surface area contributed by atoms with Crippen molar-refractivity contribution in [1.82, 2.24) is 0 Å². The largest absolute Gasteiger partial charge is 0.147 e. The van der Waals surface area contributed by atoms with Crippen LogP contribution in [0.4, 0.5) is 0 Å². The molecule has 0 amide bonds. The zero-order chi connectivity index (χ0) is 9.42. The molecule has 0 N–H and O–H groups in total. The smallest absolute Gasteiger partial charge is 0.0670 e. The molecule has 3 heteroatoms. The summed E-state index contributed by atoms with van der Waals surface area (Å²) in [4.78, 5) is 1.51. The van der Waals surface area contributed by atoms with Crippen LogP contribution in [0.1, 0.15) is 0 Å². The van der Waals surface area contributed by atoms with Gasteiger partial charge >= 0.3 is 0 Å². The monoisotopic (exact) mass is 242 g/mol. The van der Waals surface area contributed by atoms with E-state index in [1.54, 1.807) is 5.20 Å². The Labute approximate surface area is 97.9 Å². The number of rotatable bonds is 2. The van der Waals surface area contributed by atoms with Gasteiger partial charge in [0.15, 0.2) is 0 Å². The molecule has 0 fully saturated rings. The molecule has 0 radical (unpaired) electrons. The van der Waals surface area contributed by atoms with E-state index in [1.165, 1.54) is 16.1 Å². The lowest BCUT2D eigenvalue weighted by Gasteiger charge is -2.10. The van der Waals surface area contributed by atoms with Crippen molar-refractivity contribution in [3.8, 4) is 0 Å². The predicted molar refractivity (Wildman–Crippen MR) is 72.0 cm³/mol. The summed E-state index contributed by atoms with van der Waals surface area (Å²) in [5, 5.41) is 1.66. The molecular weight excluding hydrogens is 228 g/mol. The Bertz CT molecular complexity index is 361. The van der Waals surface area contributed by atoms with E-state index >= 15 is 0 Å². The van der Waals surface area contributed by atoms with Gasteiger partial charge in [0, 0.05) is 4.91 Å². The van der Waals surface area contributed by atoms with Crippen molar-refractivity contribution in [2.24, 2.45) is 0 Å². The van der Waals surface area contributed by atoms with Crippen molar-refractivity contribution in [2.45, 2.75) is 13.1 Å². The highest BCUT2D eigenvalue weighted by Gasteiger charge is 2.23. The van der Waals surface area contributed by atoms with Gasteiger partial charge < -0.3 is 0 Å². The van der Waals surface area contributed by atoms with Gasteiger partial charge in [0.1, 0.15) is 0 Å². The summed E-state index contributed by atoms with van der Waals surface area (Å²) in [6, 6.07) is 0. The van der Waals surface area contributed by atoms with Crippen LogP contribution in [0.2, 0.25) is 13.1 Å². The van der Waals surface area contributed by atoms with Crippen molar-refractivity contribution in [3.63, 3.8) is 0 Å². The van der Waals surface area contributed by atoms with E-state index in [1.807, 2.05) is 11.8 Å². The maximum absolute atomic E-state index is 2.40. The Kier molecular flexibility index (Phi) is 3.87. The maximum Gasteiger partial charge on any atom is 0.0670 e. The van der Waals surface area contributed by atoms with Crippen LogP contribution in [0.3, 0.4) is 0 Å². The minimum atomic E-state index is -0.674. The summed E-state index contributed by atoms with van der Waals surface area (Å²) in [7, 11) is -0.674. The number of thioether (sulfide) groups is 1. The lowest BCUT2D eigenvalue weighted by Crippen LogP contribution is -2.06. The van der Waals surface area contributed by atoms with Gasteiger partial charge in [-0.2, -0.15) is 0 Å². The van der Waals surface area contributed by atoms with Crippen molar-refractivity contribution in [3.05, 3.63) is 45.6 Å². The fourth-order valence-corrected chi connectivity index (χ4v) is 5.09. The van der Waals surface area contributed by atoms with Gasteiger partial charge in [0.25, 0.3) is 0 Å². The van der Waals surface area contributed by atoms with Crippen LogP contribution >= 0.6 is 24.2 Å². The second-order valence-corrected chi connectivity index (χ2v) is 7.41. The third kappa shape index (κ3) is 1.79. The first-order valence-electron chi connectivity index (χ1n) is 4.63. The summed E-state index contributed by atoms with van der Waals surface area (Å²) < 4.78 is 0. The third-order valence-corrected chi connectivity index (χ3v) is 5.25. The number of fused-ring (bicyclic) bond motifs is 1. The summed E-state index contributed by atoms with van der Waals surface area (Å²) in [6.45, 7) is 4.81. The second-order valence-electron chi connectivity index (χ2n) is 3.68. The molecule has 0 saturated heterocycles. The van der Waals surface area contributed by atoms with E-state index in [-0.39, 0.29) is 12.4 Å². The van der Waals surface area contributed by atoms with Gasteiger partial charge in [0.2, 0.25) is 0 Å². The van der Waals surface area contributed by atoms with Crippen molar-refractivity contribution >= 4 is 33.0 Å². The maximum atomic E-state index is 2.40. The zero-order valence-corrected chi connectivity index (χ0v) is 11.5. The van der Waals surface area contributed by atoms with Crippen LogP contribution in [0, 0.1) is 0 Å². The number of hydrogen-bond acceptors (Lipinski definition) is 1. The van der Waals surface area contributed by atoms with E-state index < -0.39 is 8.80 Å². The fraction of sp³-hybridized carbons (Fsp3) is 0.273. The first-order valence-corrected chi connectivity index (χ1v) is 8.74. The first-order chi connectivity index (χ1) is 6.24. The minimum absolute atomic E-state index is 0. The number of halogens is 1. The first kappa shape index (κ1) is 11.9. The van der Waals surface area contributed by atoms with Gasteiger partial charge in [0.05, 0.1) is 8.80 Å². The summed E-state index contributed by atoms with van der Waals surface area (Å²) in [5.74, 6) is 0. The molecule has 0 aromatic rings. The Morgan fingerprint density at radius 1 is 1.29 bits per heavy atom. The molecule has 0 nitrogen and oxygen atoms in total. The van der Waals surface area contributed by atoms with E-state index in [9.17, 15) is 0 Å².